The third-order valence-corrected chi connectivity index (χ3v) is 3.99. The normalized spacial score (nSPS) is 17.5. The smallest absolute Gasteiger partial charge is 0.422 e. The van der Waals surface area contributed by atoms with E-state index in [0.29, 0.717) is 13.1 Å². The quantitative estimate of drug-likeness (QED) is 0.785. The second-order valence-corrected chi connectivity index (χ2v) is 7.39. The van der Waals surface area contributed by atoms with Crippen molar-refractivity contribution in [3.8, 4) is 0 Å². The number of carbonyl (C=O) groups excluding carboxylic acids is 2. The van der Waals surface area contributed by atoms with E-state index in [1.165, 1.54) is 0 Å². The summed E-state index contributed by atoms with van der Waals surface area (Å²) < 4.78 is 10.6. The molecule has 0 aliphatic carbocycles. The van der Waals surface area contributed by atoms with E-state index >= 15 is 0 Å². The number of likely N-dealkylation sites (tertiary alicyclic amines) is 1. The van der Waals surface area contributed by atoms with Crippen molar-refractivity contribution in [3.05, 3.63) is 35.9 Å². The van der Waals surface area contributed by atoms with E-state index in [-0.39, 0.29) is 18.7 Å². The summed E-state index contributed by atoms with van der Waals surface area (Å²) in [7, 11) is 0. The average molecular weight is 363 g/mol. The van der Waals surface area contributed by atoms with Crippen molar-refractivity contribution in [2.24, 2.45) is 0 Å². The van der Waals surface area contributed by atoms with Crippen LogP contribution >= 0.6 is 0 Å². The number of hydrogen-bond donors (Lipinski definition) is 2. The molecule has 1 aliphatic heterocycles. The number of rotatable bonds is 5. The molecular weight excluding hydrogens is 334 g/mol. The molecule has 144 valence electrons. The van der Waals surface area contributed by atoms with Crippen molar-refractivity contribution in [1.29, 1.82) is 0 Å². The van der Waals surface area contributed by atoms with Crippen LogP contribution in [0.25, 0.3) is 0 Å². The van der Waals surface area contributed by atoms with E-state index in [2.05, 4.69) is 10.9 Å². The average Bonchev–Trinajstić information content (AvgIpc) is 2.59. The minimum absolute atomic E-state index is 0.0260. The second-order valence-electron chi connectivity index (χ2n) is 7.39. The lowest BCUT2D eigenvalue weighted by molar-refractivity contribution is 0.0474. The fourth-order valence-electron chi connectivity index (χ4n) is 2.80. The number of piperidine rings is 1. The Bertz CT molecular complexity index is 586. The molecule has 1 aromatic rings. The van der Waals surface area contributed by atoms with Crippen LogP contribution in [0.1, 0.15) is 45.6 Å². The molecule has 0 aromatic heterocycles. The molecule has 0 saturated carbocycles. The van der Waals surface area contributed by atoms with Crippen molar-refractivity contribution >= 4 is 12.2 Å². The lowest BCUT2D eigenvalue weighted by Gasteiger charge is -2.35. The van der Waals surface area contributed by atoms with Crippen molar-refractivity contribution < 1.29 is 19.1 Å². The van der Waals surface area contributed by atoms with Crippen LogP contribution in [0.2, 0.25) is 0 Å². The van der Waals surface area contributed by atoms with E-state index in [1.54, 1.807) is 25.7 Å². The summed E-state index contributed by atoms with van der Waals surface area (Å²) in [6.07, 6.45) is 2.00. The Balaban J connectivity index is 1.79. The van der Waals surface area contributed by atoms with Crippen LogP contribution in [0, 0.1) is 0 Å². The summed E-state index contributed by atoms with van der Waals surface area (Å²) in [5, 5.41) is 0. The van der Waals surface area contributed by atoms with Gasteiger partial charge in [-0.25, -0.2) is 15.0 Å². The molecule has 1 aromatic carbocycles. The van der Waals surface area contributed by atoms with Crippen molar-refractivity contribution in [2.75, 3.05) is 13.1 Å². The van der Waals surface area contributed by atoms with Gasteiger partial charge in [-0.05, 0) is 45.6 Å². The van der Waals surface area contributed by atoms with E-state index in [4.69, 9.17) is 9.47 Å². The Hall–Kier alpha value is -2.28. The van der Waals surface area contributed by atoms with Gasteiger partial charge < -0.3 is 14.4 Å². The first-order chi connectivity index (χ1) is 12.3. The van der Waals surface area contributed by atoms with Crippen LogP contribution in [0.15, 0.2) is 30.3 Å². The van der Waals surface area contributed by atoms with Crippen LogP contribution in [-0.2, 0) is 16.1 Å². The molecule has 0 bridgehead atoms. The fourth-order valence-corrected chi connectivity index (χ4v) is 2.80. The number of carbonyl (C=O) groups is 2. The van der Waals surface area contributed by atoms with Gasteiger partial charge in [-0.1, -0.05) is 30.3 Å². The van der Waals surface area contributed by atoms with Gasteiger partial charge in [0, 0.05) is 19.1 Å². The number of benzene rings is 1. The van der Waals surface area contributed by atoms with Crippen molar-refractivity contribution in [1.82, 2.24) is 15.8 Å². The maximum atomic E-state index is 12.4. The van der Waals surface area contributed by atoms with Gasteiger partial charge in [0.1, 0.15) is 12.2 Å². The van der Waals surface area contributed by atoms with Gasteiger partial charge in [-0.15, -0.1) is 0 Å². The predicted molar refractivity (Wildman–Crippen MR) is 98.3 cm³/mol. The highest BCUT2D eigenvalue weighted by atomic mass is 16.6. The first-order valence-electron chi connectivity index (χ1n) is 9.04. The van der Waals surface area contributed by atoms with Gasteiger partial charge in [-0.3, -0.25) is 5.43 Å². The standard InChI is InChI=1S/C19H29N3O4/c1-19(2,3)26-17(23)21-20-13-16-11-7-8-12-22(16)18(24)25-14-15-9-5-4-6-10-15/h4-6,9-10,16,20H,7-8,11-14H2,1-3H3,(H,21,23). The Morgan fingerprint density at radius 2 is 1.92 bits per heavy atom. The first-order valence-corrected chi connectivity index (χ1v) is 9.04. The zero-order valence-corrected chi connectivity index (χ0v) is 15.8. The highest BCUT2D eigenvalue weighted by Crippen LogP contribution is 2.18. The third-order valence-electron chi connectivity index (χ3n) is 3.99. The summed E-state index contributed by atoms with van der Waals surface area (Å²) in [6, 6.07) is 9.58. The Kier molecular flexibility index (Phi) is 7.26. The fraction of sp³-hybridized carbons (Fsp3) is 0.579. The molecule has 26 heavy (non-hydrogen) atoms. The molecule has 0 spiro atoms. The van der Waals surface area contributed by atoms with E-state index < -0.39 is 11.7 Å². The summed E-state index contributed by atoms with van der Waals surface area (Å²) in [6.45, 7) is 6.77. The van der Waals surface area contributed by atoms with Crippen LogP contribution in [0.4, 0.5) is 9.59 Å². The summed E-state index contributed by atoms with van der Waals surface area (Å²) in [5.41, 5.74) is 5.78. The van der Waals surface area contributed by atoms with Gasteiger partial charge in [0.05, 0.1) is 0 Å². The summed E-state index contributed by atoms with van der Waals surface area (Å²) >= 11 is 0. The van der Waals surface area contributed by atoms with Crippen molar-refractivity contribution in [2.45, 2.75) is 58.3 Å². The molecule has 1 fully saturated rings. The second kappa shape index (κ2) is 9.43. The number of amides is 2. The van der Waals surface area contributed by atoms with Crippen LogP contribution in [0.3, 0.4) is 0 Å². The summed E-state index contributed by atoms with van der Waals surface area (Å²) in [4.78, 5) is 25.8. The number of hydrazine groups is 1. The first kappa shape index (κ1) is 20.0. The van der Waals surface area contributed by atoms with Crippen LogP contribution in [-0.4, -0.2) is 41.8 Å². The number of ether oxygens (including phenoxy) is 2. The highest BCUT2D eigenvalue weighted by molar-refractivity contribution is 5.68. The molecule has 2 N–H and O–H groups in total. The topological polar surface area (TPSA) is 79.9 Å². The van der Waals surface area contributed by atoms with E-state index in [9.17, 15) is 9.59 Å². The summed E-state index contributed by atoms with van der Waals surface area (Å²) in [5.74, 6) is 0. The lowest BCUT2D eigenvalue weighted by Crippen LogP contribution is -2.52. The molecule has 1 aliphatic rings. The van der Waals surface area contributed by atoms with Gasteiger partial charge in [0.2, 0.25) is 0 Å². The molecule has 1 unspecified atom stereocenters. The molecule has 2 rings (SSSR count). The monoisotopic (exact) mass is 363 g/mol. The molecule has 1 saturated heterocycles. The molecular formula is C19H29N3O4. The molecule has 7 heteroatoms. The minimum atomic E-state index is -0.552. The number of hydrogen-bond acceptors (Lipinski definition) is 5. The van der Waals surface area contributed by atoms with Crippen LogP contribution in [0.5, 0.6) is 0 Å². The number of nitrogens with one attached hydrogen (secondary N) is 2. The third kappa shape index (κ3) is 6.92. The SMILES string of the molecule is CC(C)(C)OC(=O)NNCC1CCCCN1C(=O)OCc1ccccc1. The minimum Gasteiger partial charge on any atom is -0.445 e. The van der Waals surface area contributed by atoms with Gasteiger partial charge in [0.15, 0.2) is 0 Å². The maximum absolute atomic E-state index is 12.4. The Morgan fingerprint density at radius 1 is 1.19 bits per heavy atom. The van der Waals surface area contributed by atoms with Gasteiger partial charge in [0.25, 0.3) is 0 Å². The zero-order chi connectivity index (χ0) is 19.0. The molecule has 0 radical (unpaired) electrons. The Labute approximate surface area is 155 Å². The van der Waals surface area contributed by atoms with Crippen molar-refractivity contribution in [3.63, 3.8) is 0 Å². The molecule has 1 heterocycles. The zero-order valence-electron chi connectivity index (χ0n) is 15.8. The van der Waals surface area contributed by atoms with Gasteiger partial charge >= 0.3 is 12.2 Å². The molecule has 7 nitrogen and oxygen atoms in total. The Morgan fingerprint density at radius 3 is 2.62 bits per heavy atom. The molecule has 2 amide bonds. The number of nitrogens with zero attached hydrogens (tertiary/aromatic N) is 1. The van der Waals surface area contributed by atoms with E-state index in [1.807, 2.05) is 30.3 Å². The van der Waals surface area contributed by atoms with Crippen LogP contribution < -0.4 is 10.9 Å². The van der Waals surface area contributed by atoms with E-state index in [0.717, 1.165) is 24.8 Å². The molecule has 1 atom stereocenters. The maximum Gasteiger partial charge on any atom is 0.422 e. The predicted octanol–water partition coefficient (Wildman–Crippen LogP) is 3.21. The largest absolute Gasteiger partial charge is 0.445 e. The lowest BCUT2D eigenvalue weighted by atomic mass is 10.0. The highest BCUT2D eigenvalue weighted by Gasteiger charge is 2.28. The van der Waals surface area contributed by atoms with Gasteiger partial charge in [-0.2, -0.15) is 0 Å².